The van der Waals surface area contributed by atoms with E-state index in [9.17, 15) is 0 Å². The summed E-state index contributed by atoms with van der Waals surface area (Å²) in [5.41, 5.74) is 7.21. The summed E-state index contributed by atoms with van der Waals surface area (Å²) in [6.45, 7) is 0.860. The molecule has 0 radical (unpaired) electrons. The third-order valence-corrected chi connectivity index (χ3v) is 3.69. The zero-order valence-electron chi connectivity index (χ0n) is 9.61. The molecule has 18 heavy (non-hydrogen) atoms. The van der Waals surface area contributed by atoms with Crippen molar-refractivity contribution >= 4 is 41.5 Å². The Kier molecular flexibility index (Phi) is 4.43. The van der Waals surface area contributed by atoms with Gasteiger partial charge in [0.2, 0.25) is 0 Å². The summed E-state index contributed by atoms with van der Waals surface area (Å²) >= 11 is 16.2. The van der Waals surface area contributed by atoms with Crippen LogP contribution in [0, 0.1) is 0 Å². The van der Waals surface area contributed by atoms with Crippen LogP contribution in [0.3, 0.4) is 0 Å². The molecule has 0 saturated carbocycles. The molecule has 1 heterocycles. The molecule has 0 spiro atoms. The third-order valence-electron chi connectivity index (χ3n) is 2.70. The molecular weight excluding hydrogens is 289 g/mol. The first kappa shape index (κ1) is 13.6. The van der Waals surface area contributed by atoms with Crippen LogP contribution >= 0.6 is 35.8 Å². The zero-order chi connectivity index (χ0) is 13.1. The smallest absolute Gasteiger partial charge is 0.164 e. The minimum atomic E-state index is 0.439. The number of anilines is 1. The lowest BCUT2D eigenvalue weighted by molar-refractivity contribution is 0.596. The van der Waals surface area contributed by atoms with Crippen LogP contribution in [0.4, 0.5) is 5.69 Å². The molecule has 0 bridgehead atoms. The minimum absolute atomic E-state index is 0.439. The van der Waals surface area contributed by atoms with Crippen molar-refractivity contribution in [3.63, 3.8) is 0 Å². The van der Waals surface area contributed by atoms with Crippen molar-refractivity contribution in [2.45, 2.75) is 24.5 Å². The summed E-state index contributed by atoms with van der Waals surface area (Å²) in [4.78, 5) is 4.05. The average Bonchev–Trinajstić information content (AvgIpc) is 2.72. The summed E-state index contributed by atoms with van der Waals surface area (Å²) in [6.07, 6.45) is 5.48. The lowest BCUT2D eigenvalue weighted by atomic mass is 10.1. The molecule has 0 aliphatic carbocycles. The highest BCUT2D eigenvalue weighted by Gasteiger charge is 2.05. The molecule has 2 N–H and O–H groups in total. The molecule has 0 atom stereocenters. The lowest BCUT2D eigenvalue weighted by Gasteiger charge is -2.07. The molecule has 6 heteroatoms. The predicted molar refractivity (Wildman–Crippen MR) is 78.7 cm³/mol. The first-order valence-electron chi connectivity index (χ1n) is 5.51. The largest absolute Gasteiger partial charge is 0.396 e. The molecule has 1 aromatic heterocycles. The summed E-state index contributed by atoms with van der Waals surface area (Å²) in [5, 5.41) is 1.74. The van der Waals surface area contributed by atoms with Crippen LogP contribution in [0.5, 0.6) is 0 Å². The lowest BCUT2D eigenvalue weighted by Crippen LogP contribution is -1.99. The Morgan fingerprint density at radius 1 is 1.28 bits per heavy atom. The van der Waals surface area contributed by atoms with Gasteiger partial charge in [-0.2, -0.15) is 0 Å². The van der Waals surface area contributed by atoms with Gasteiger partial charge in [-0.3, -0.25) is 0 Å². The van der Waals surface area contributed by atoms with Crippen molar-refractivity contribution in [2.75, 3.05) is 5.73 Å². The summed E-state index contributed by atoms with van der Waals surface area (Å²) in [5.74, 6) is 0. The van der Waals surface area contributed by atoms with Gasteiger partial charge < -0.3 is 10.3 Å². The number of hydrogen-bond acceptors (Lipinski definition) is 3. The second kappa shape index (κ2) is 5.87. The van der Waals surface area contributed by atoms with Gasteiger partial charge >= 0.3 is 0 Å². The van der Waals surface area contributed by atoms with Crippen LogP contribution in [-0.4, -0.2) is 9.55 Å². The number of nitrogens with zero attached hydrogens (tertiary/aromatic N) is 2. The number of aryl methyl sites for hydroxylation is 2. The predicted octanol–water partition coefficient (Wildman–Crippen LogP) is 3.69. The number of halogens is 2. The van der Waals surface area contributed by atoms with E-state index in [2.05, 4.69) is 17.6 Å². The highest BCUT2D eigenvalue weighted by Crippen LogP contribution is 2.29. The molecule has 0 amide bonds. The fraction of sp³-hybridized carbons (Fsp3) is 0.250. The Labute approximate surface area is 121 Å². The van der Waals surface area contributed by atoms with Crippen LogP contribution in [0.15, 0.2) is 29.7 Å². The molecule has 0 aliphatic rings. The van der Waals surface area contributed by atoms with Gasteiger partial charge in [-0.15, -0.1) is 12.6 Å². The molecule has 0 saturated heterocycles. The minimum Gasteiger partial charge on any atom is -0.396 e. The first-order chi connectivity index (χ1) is 8.58. The van der Waals surface area contributed by atoms with Gasteiger partial charge in [0.05, 0.1) is 15.7 Å². The Hall–Kier alpha value is -0.840. The maximum absolute atomic E-state index is 5.99. The van der Waals surface area contributed by atoms with E-state index in [0.717, 1.165) is 30.1 Å². The van der Waals surface area contributed by atoms with Crippen molar-refractivity contribution in [3.8, 4) is 0 Å². The number of nitrogens with two attached hydrogens (primary N) is 1. The SMILES string of the molecule is Nc1c(Cl)cc(CCCn2ccnc2S)cc1Cl. The number of nitrogen functional groups attached to an aromatic ring is 1. The number of thiol groups is 1. The third kappa shape index (κ3) is 3.13. The van der Waals surface area contributed by atoms with Gasteiger partial charge in [-0.25, -0.2) is 4.98 Å². The Bertz CT molecular complexity index is 531. The number of aromatic nitrogens is 2. The van der Waals surface area contributed by atoms with E-state index >= 15 is 0 Å². The van der Waals surface area contributed by atoms with Crippen molar-refractivity contribution < 1.29 is 0 Å². The quantitative estimate of drug-likeness (QED) is 0.668. The second-order valence-electron chi connectivity index (χ2n) is 4.00. The monoisotopic (exact) mass is 301 g/mol. The molecule has 1 aromatic carbocycles. The van der Waals surface area contributed by atoms with Gasteiger partial charge in [0.1, 0.15) is 0 Å². The zero-order valence-corrected chi connectivity index (χ0v) is 12.0. The van der Waals surface area contributed by atoms with E-state index in [0.29, 0.717) is 15.7 Å². The fourth-order valence-electron chi connectivity index (χ4n) is 1.73. The molecule has 0 unspecified atom stereocenters. The van der Waals surface area contributed by atoms with Crippen LogP contribution in [0.1, 0.15) is 12.0 Å². The van der Waals surface area contributed by atoms with Crippen LogP contribution in [0.2, 0.25) is 10.0 Å². The topological polar surface area (TPSA) is 43.8 Å². The van der Waals surface area contributed by atoms with E-state index in [1.807, 2.05) is 22.9 Å². The molecule has 96 valence electrons. The first-order valence-corrected chi connectivity index (χ1v) is 6.71. The van der Waals surface area contributed by atoms with E-state index in [4.69, 9.17) is 28.9 Å². The van der Waals surface area contributed by atoms with Crippen LogP contribution in [0.25, 0.3) is 0 Å². The normalized spacial score (nSPS) is 10.8. The molecule has 2 aromatic rings. The highest BCUT2D eigenvalue weighted by atomic mass is 35.5. The number of hydrogen-bond donors (Lipinski definition) is 2. The van der Waals surface area contributed by atoms with Gasteiger partial charge in [0.15, 0.2) is 5.16 Å². The van der Waals surface area contributed by atoms with E-state index in [-0.39, 0.29) is 0 Å². The van der Waals surface area contributed by atoms with Crippen molar-refractivity contribution in [1.29, 1.82) is 0 Å². The molecule has 2 rings (SSSR count). The highest BCUT2D eigenvalue weighted by molar-refractivity contribution is 7.80. The van der Waals surface area contributed by atoms with E-state index in [1.54, 1.807) is 6.20 Å². The molecule has 0 aliphatic heterocycles. The number of rotatable bonds is 4. The maximum Gasteiger partial charge on any atom is 0.164 e. The average molecular weight is 302 g/mol. The standard InChI is InChI=1S/C12H13Cl2N3S/c13-9-6-8(7-10(14)11(9)15)2-1-4-17-5-3-16-12(17)18/h3,5-7H,1-2,4,15H2,(H,16,18). The van der Waals surface area contributed by atoms with E-state index in [1.165, 1.54) is 0 Å². The van der Waals surface area contributed by atoms with Crippen molar-refractivity contribution in [3.05, 3.63) is 40.1 Å². The molecular formula is C12H13Cl2N3S. The Balaban J connectivity index is 1.97. The van der Waals surface area contributed by atoms with Crippen molar-refractivity contribution in [1.82, 2.24) is 9.55 Å². The fourth-order valence-corrected chi connectivity index (χ4v) is 2.50. The van der Waals surface area contributed by atoms with Crippen LogP contribution in [-0.2, 0) is 13.0 Å². The summed E-state index contributed by atoms with van der Waals surface area (Å²) in [7, 11) is 0. The van der Waals surface area contributed by atoms with Gasteiger partial charge in [0.25, 0.3) is 0 Å². The Morgan fingerprint density at radius 2 is 1.94 bits per heavy atom. The molecule has 0 fully saturated rings. The number of benzene rings is 1. The van der Waals surface area contributed by atoms with Gasteiger partial charge in [0, 0.05) is 18.9 Å². The summed E-state index contributed by atoms with van der Waals surface area (Å²) in [6, 6.07) is 3.72. The van der Waals surface area contributed by atoms with Crippen LogP contribution < -0.4 is 5.73 Å². The van der Waals surface area contributed by atoms with Crippen molar-refractivity contribution in [2.24, 2.45) is 0 Å². The Morgan fingerprint density at radius 3 is 2.50 bits per heavy atom. The second-order valence-corrected chi connectivity index (χ2v) is 5.21. The molecule has 3 nitrogen and oxygen atoms in total. The maximum atomic E-state index is 5.99. The van der Waals surface area contributed by atoms with Gasteiger partial charge in [-0.1, -0.05) is 23.2 Å². The van der Waals surface area contributed by atoms with E-state index < -0.39 is 0 Å². The van der Waals surface area contributed by atoms with Gasteiger partial charge in [-0.05, 0) is 30.5 Å². The number of imidazole rings is 1. The summed E-state index contributed by atoms with van der Waals surface area (Å²) < 4.78 is 1.99.